The van der Waals surface area contributed by atoms with Crippen molar-refractivity contribution in [3.05, 3.63) is 29.5 Å². The van der Waals surface area contributed by atoms with Gasteiger partial charge in [0.1, 0.15) is 5.75 Å². The lowest BCUT2D eigenvalue weighted by Crippen LogP contribution is -2.09. The van der Waals surface area contributed by atoms with Gasteiger partial charge in [-0.25, -0.2) is 0 Å². The van der Waals surface area contributed by atoms with E-state index in [1.165, 1.54) is 0 Å². The van der Waals surface area contributed by atoms with E-state index < -0.39 is 0 Å². The van der Waals surface area contributed by atoms with Gasteiger partial charge in [0.05, 0.1) is 6.10 Å². The molecule has 2 aromatic rings. The minimum absolute atomic E-state index is 0.101. The van der Waals surface area contributed by atoms with E-state index in [-0.39, 0.29) is 11.9 Å². The molecule has 0 bridgehead atoms. The lowest BCUT2D eigenvalue weighted by Gasteiger charge is -2.12. The van der Waals surface area contributed by atoms with E-state index in [4.69, 9.17) is 4.74 Å². The maximum absolute atomic E-state index is 11.8. The van der Waals surface area contributed by atoms with Crippen molar-refractivity contribution in [1.29, 1.82) is 0 Å². The third-order valence-electron chi connectivity index (χ3n) is 3.73. The number of fused-ring (bicyclic) bond motifs is 1. The molecule has 1 atom stereocenters. The van der Waals surface area contributed by atoms with Gasteiger partial charge >= 0.3 is 0 Å². The molecule has 0 amide bonds. The highest BCUT2D eigenvalue weighted by atomic mass is 16.5. The Morgan fingerprint density at radius 3 is 2.68 bits per heavy atom. The van der Waals surface area contributed by atoms with E-state index in [0.717, 1.165) is 34.3 Å². The first-order chi connectivity index (χ1) is 8.95. The van der Waals surface area contributed by atoms with Crippen LogP contribution in [0.4, 0.5) is 0 Å². The predicted molar refractivity (Wildman–Crippen MR) is 78.0 cm³/mol. The molecule has 0 saturated heterocycles. The topological polar surface area (TPSA) is 31.2 Å². The third kappa shape index (κ3) is 2.37. The molecule has 1 aromatic carbocycles. The molecule has 0 aliphatic rings. The second-order valence-corrected chi connectivity index (χ2v) is 5.09. The normalized spacial score (nSPS) is 12.7. The van der Waals surface area contributed by atoms with Gasteiger partial charge in [-0.3, -0.25) is 4.79 Å². The van der Waals surface area contributed by atoms with Gasteiger partial charge in [0.15, 0.2) is 5.78 Å². The molecule has 2 rings (SSSR count). The van der Waals surface area contributed by atoms with Crippen LogP contribution in [0, 0.1) is 6.92 Å². The van der Waals surface area contributed by atoms with Gasteiger partial charge in [-0.1, -0.05) is 6.92 Å². The number of Topliss-reactive ketones (excluding diaryl/α,β-unsaturated/α-hetero) is 1. The second-order valence-electron chi connectivity index (χ2n) is 5.09. The number of aromatic nitrogens is 1. The Balaban J connectivity index is 2.58. The summed E-state index contributed by atoms with van der Waals surface area (Å²) in [6.45, 7) is 7.74. The van der Waals surface area contributed by atoms with Crippen molar-refractivity contribution >= 4 is 16.7 Å². The zero-order valence-corrected chi connectivity index (χ0v) is 12.3. The summed E-state index contributed by atoms with van der Waals surface area (Å²) in [6.07, 6.45) is 1.15. The summed E-state index contributed by atoms with van der Waals surface area (Å²) in [4.78, 5) is 11.8. The van der Waals surface area contributed by atoms with Crippen molar-refractivity contribution in [2.24, 2.45) is 7.05 Å². The Morgan fingerprint density at radius 1 is 1.42 bits per heavy atom. The van der Waals surface area contributed by atoms with E-state index >= 15 is 0 Å². The Bertz CT molecular complexity index is 625. The van der Waals surface area contributed by atoms with Crippen molar-refractivity contribution in [3.8, 4) is 5.75 Å². The fourth-order valence-electron chi connectivity index (χ4n) is 2.38. The number of nitrogens with zero attached hydrogens (tertiary/aromatic N) is 1. The van der Waals surface area contributed by atoms with E-state index in [0.29, 0.717) is 0 Å². The van der Waals surface area contributed by atoms with Crippen LogP contribution in [0.5, 0.6) is 5.75 Å². The molecular weight excluding hydrogens is 238 g/mol. The van der Waals surface area contributed by atoms with Crippen LogP contribution in [0.3, 0.4) is 0 Å². The zero-order valence-electron chi connectivity index (χ0n) is 12.3. The number of hydrogen-bond donors (Lipinski definition) is 0. The number of carbonyl (C=O) groups is 1. The highest BCUT2D eigenvalue weighted by molar-refractivity contribution is 6.08. The Morgan fingerprint density at radius 2 is 2.11 bits per heavy atom. The van der Waals surface area contributed by atoms with Crippen LogP contribution in [0.2, 0.25) is 0 Å². The summed E-state index contributed by atoms with van der Waals surface area (Å²) in [5, 5.41) is 0.980. The summed E-state index contributed by atoms with van der Waals surface area (Å²) >= 11 is 0. The van der Waals surface area contributed by atoms with Gasteiger partial charge in [-0.05, 0) is 45.4 Å². The van der Waals surface area contributed by atoms with Crippen molar-refractivity contribution in [2.75, 3.05) is 0 Å². The summed E-state index contributed by atoms with van der Waals surface area (Å²) in [7, 11) is 1.99. The summed E-state index contributed by atoms with van der Waals surface area (Å²) in [5.41, 5.74) is 2.87. The quantitative estimate of drug-likeness (QED) is 0.780. The molecule has 0 spiro atoms. The number of rotatable bonds is 4. The van der Waals surface area contributed by atoms with Gasteiger partial charge in [0, 0.05) is 29.2 Å². The molecule has 1 heterocycles. The first-order valence-electron chi connectivity index (χ1n) is 6.72. The molecule has 1 aromatic heterocycles. The Labute approximate surface area is 114 Å². The van der Waals surface area contributed by atoms with Crippen molar-refractivity contribution < 1.29 is 9.53 Å². The first kappa shape index (κ1) is 13.7. The minimum Gasteiger partial charge on any atom is -0.491 e. The summed E-state index contributed by atoms with van der Waals surface area (Å²) in [6, 6.07) is 5.97. The minimum atomic E-state index is 0.101. The fourth-order valence-corrected chi connectivity index (χ4v) is 2.38. The molecular formula is C16H21NO2. The lowest BCUT2D eigenvalue weighted by molar-refractivity contribution is 0.101. The molecule has 102 valence electrons. The van der Waals surface area contributed by atoms with Crippen LogP contribution in [-0.2, 0) is 7.05 Å². The summed E-state index contributed by atoms with van der Waals surface area (Å²) in [5.74, 6) is 0.929. The summed E-state index contributed by atoms with van der Waals surface area (Å²) < 4.78 is 7.89. The van der Waals surface area contributed by atoms with Crippen LogP contribution >= 0.6 is 0 Å². The van der Waals surface area contributed by atoms with Crippen LogP contribution in [0.15, 0.2) is 18.2 Å². The Kier molecular flexibility index (Phi) is 3.65. The maximum atomic E-state index is 11.8. The molecule has 0 aliphatic carbocycles. The number of ketones is 1. The highest BCUT2D eigenvalue weighted by Crippen LogP contribution is 2.29. The monoisotopic (exact) mass is 259 g/mol. The molecule has 0 aliphatic heterocycles. The van der Waals surface area contributed by atoms with E-state index in [9.17, 15) is 4.79 Å². The molecule has 0 fully saturated rings. The van der Waals surface area contributed by atoms with Crippen LogP contribution in [-0.4, -0.2) is 16.5 Å². The molecule has 0 unspecified atom stereocenters. The van der Waals surface area contributed by atoms with E-state index in [1.807, 2.05) is 39.1 Å². The highest BCUT2D eigenvalue weighted by Gasteiger charge is 2.16. The first-order valence-corrected chi connectivity index (χ1v) is 6.72. The van der Waals surface area contributed by atoms with Gasteiger partial charge in [-0.2, -0.15) is 0 Å². The van der Waals surface area contributed by atoms with E-state index in [2.05, 4.69) is 11.5 Å². The largest absolute Gasteiger partial charge is 0.491 e. The van der Waals surface area contributed by atoms with Gasteiger partial charge in [0.25, 0.3) is 0 Å². The average Bonchev–Trinajstić information content (AvgIpc) is 2.61. The molecule has 3 nitrogen and oxygen atoms in total. The number of benzene rings is 1. The third-order valence-corrected chi connectivity index (χ3v) is 3.73. The van der Waals surface area contributed by atoms with Crippen LogP contribution < -0.4 is 4.74 Å². The molecule has 0 saturated carbocycles. The van der Waals surface area contributed by atoms with Gasteiger partial charge in [0.2, 0.25) is 0 Å². The Hall–Kier alpha value is -1.77. The lowest BCUT2D eigenvalue weighted by atomic mass is 10.1. The van der Waals surface area contributed by atoms with E-state index in [1.54, 1.807) is 6.92 Å². The van der Waals surface area contributed by atoms with Crippen LogP contribution in [0.25, 0.3) is 10.9 Å². The standard InChI is InChI=1S/C16H21NO2/c1-6-10(2)19-13-7-8-15-14(9-13)16(12(4)18)11(3)17(15)5/h7-10H,6H2,1-5H3/t10-/m0/s1. The maximum Gasteiger partial charge on any atom is 0.162 e. The number of hydrogen-bond acceptors (Lipinski definition) is 2. The molecule has 0 radical (unpaired) electrons. The average molecular weight is 259 g/mol. The molecule has 19 heavy (non-hydrogen) atoms. The number of ether oxygens (including phenoxy) is 1. The van der Waals surface area contributed by atoms with Crippen molar-refractivity contribution in [3.63, 3.8) is 0 Å². The van der Waals surface area contributed by atoms with Gasteiger partial charge < -0.3 is 9.30 Å². The second kappa shape index (κ2) is 5.08. The fraction of sp³-hybridized carbons (Fsp3) is 0.438. The number of carbonyl (C=O) groups excluding carboxylic acids is 1. The zero-order chi connectivity index (χ0) is 14.2. The smallest absolute Gasteiger partial charge is 0.162 e. The SMILES string of the molecule is CC[C@H](C)Oc1ccc2c(c1)c(C(C)=O)c(C)n2C. The van der Waals surface area contributed by atoms with Crippen molar-refractivity contribution in [2.45, 2.75) is 40.2 Å². The van der Waals surface area contributed by atoms with Crippen LogP contribution in [0.1, 0.15) is 43.2 Å². The number of aryl methyl sites for hydroxylation is 1. The molecule has 3 heteroatoms. The predicted octanol–water partition coefficient (Wildman–Crippen LogP) is 3.87. The molecule has 0 N–H and O–H groups in total. The van der Waals surface area contributed by atoms with Crippen molar-refractivity contribution in [1.82, 2.24) is 4.57 Å². The van der Waals surface area contributed by atoms with Gasteiger partial charge in [-0.15, -0.1) is 0 Å².